The highest BCUT2D eigenvalue weighted by molar-refractivity contribution is 7.99. The van der Waals surface area contributed by atoms with Gasteiger partial charge in [-0.25, -0.2) is 0 Å². The molecule has 130 valence electrons. The van der Waals surface area contributed by atoms with Gasteiger partial charge in [-0.3, -0.25) is 9.69 Å². The smallest absolute Gasteiger partial charge is 0.238 e. The number of hydrogen-bond acceptors (Lipinski definition) is 6. The summed E-state index contributed by atoms with van der Waals surface area (Å²) in [6.45, 7) is -0.0252. The second kappa shape index (κ2) is 8.47. The second-order valence-electron chi connectivity index (χ2n) is 5.12. The number of thioether (sulfide) groups is 1. The van der Waals surface area contributed by atoms with Crippen molar-refractivity contribution in [2.24, 2.45) is 0 Å². The summed E-state index contributed by atoms with van der Waals surface area (Å²) in [6, 6.07) is 18.2. The number of rotatable bonds is 6. The first-order valence-electron chi connectivity index (χ1n) is 7.58. The molecule has 0 radical (unpaired) electrons. The lowest BCUT2D eigenvalue weighted by Gasteiger charge is -2.19. The quantitative estimate of drug-likeness (QED) is 0.479. The molecular weight excluding hydrogens is 372 g/mol. The fourth-order valence-corrected chi connectivity index (χ4v) is 3.20. The molecule has 0 N–H and O–H groups in total. The van der Waals surface area contributed by atoms with E-state index >= 15 is 0 Å². The third kappa shape index (κ3) is 4.20. The minimum atomic E-state index is -0.205. The number of para-hydroxylation sites is 1. The largest absolute Gasteiger partial charge is 0.298 e. The number of carbonyl (C=O) groups excluding carboxylic acids is 1. The van der Waals surface area contributed by atoms with Crippen LogP contribution in [0.25, 0.3) is 5.69 Å². The standard InChI is InChI=1S/C17H13ClN6OS/c18-13-5-4-8-15(11-13)24-17(20-21-22-24)26-12-16(25)23(10-9-19)14-6-2-1-3-7-14/h1-8,11H,10,12H2. The van der Waals surface area contributed by atoms with Gasteiger partial charge in [0, 0.05) is 10.7 Å². The number of nitrogens with zero attached hydrogens (tertiary/aromatic N) is 6. The maximum atomic E-state index is 12.6. The van der Waals surface area contributed by atoms with Crippen LogP contribution in [-0.4, -0.2) is 38.4 Å². The minimum Gasteiger partial charge on any atom is -0.298 e. The summed E-state index contributed by atoms with van der Waals surface area (Å²) >= 11 is 7.20. The molecule has 1 amide bonds. The summed E-state index contributed by atoms with van der Waals surface area (Å²) in [6.07, 6.45) is 0. The Labute approximate surface area is 159 Å². The third-order valence-corrected chi connectivity index (χ3v) is 4.56. The molecule has 2 aromatic carbocycles. The van der Waals surface area contributed by atoms with Gasteiger partial charge in [-0.2, -0.15) is 9.94 Å². The van der Waals surface area contributed by atoms with Crippen molar-refractivity contribution >= 4 is 35.0 Å². The molecule has 0 saturated carbocycles. The van der Waals surface area contributed by atoms with Crippen molar-refractivity contribution in [2.75, 3.05) is 17.2 Å². The van der Waals surface area contributed by atoms with E-state index < -0.39 is 0 Å². The maximum absolute atomic E-state index is 12.6. The van der Waals surface area contributed by atoms with E-state index in [2.05, 4.69) is 15.5 Å². The highest BCUT2D eigenvalue weighted by Gasteiger charge is 2.18. The van der Waals surface area contributed by atoms with Crippen molar-refractivity contribution < 1.29 is 4.79 Å². The van der Waals surface area contributed by atoms with Gasteiger partial charge in [0.1, 0.15) is 6.54 Å². The molecule has 1 heterocycles. The summed E-state index contributed by atoms with van der Waals surface area (Å²) < 4.78 is 1.51. The van der Waals surface area contributed by atoms with Crippen molar-refractivity contribution in [3.05, 3.63) is 59.6 Å². The van der Waals surface area contributed by atoms with Crippen LogP contribution in [0.5, 0.6) is 0 Å². The maximum Gasteiger partial charge on any atom is 0.238 e. The third-order valence-electron chi connectivity index (χ3n) is 3.42. The molecular formula is C17H13ClN6OS. The Morgan fingerprint density at radius 1 is 1.23 bits per heavy atom. The first kappa shape index (κ1) is 17.9. The van der Waals surface area contributed by atoms with Crippen LogP contribution < -0.4 is 4.90 Å². The Hall–Kier alpha value is -2.89. The lowest BCUT2D eigenvalue weighted by atomic mass is 10.3. The summed E-state index contributed by atoms with van der Waals surface area (Å²) in [4.78, 5) is 14.0. The molecule has 0 aliphatic heterocycles. The molecule has 9 heteroatoms. The normalized spacial score (nSPS) is 10.3. The molecule has 3 aromatic rings. The van der Waals surface area contributed by atoms with E-state index in [4.69, 9.17) is 16.9 Å². The predicted molar refractivity (Wildman–Crippen MR) is 99.3 cm³/mol. The molecule has 0 spiro atoms. The molecule has 7 nitrogen and oxygen atoms in total. The van der Waals surface area contributed by atoms with E-state index in [-0.39, 0.29) is 18.2 Å². The first-order chi connectivity index (χ1) is 12.7. The molecule has 0 unspecified atom stereocenters. The van der Waals surface area contributed by atoms with Gasteiger partial charge in [-0.05, 0) is 40.8 Å². The topological polar surface area (TPSA) is 87.7 Å². The number of amides is 1. The van der Waals surface area contributed by atoms with Gasteiger partial charge < -0.3 is 0 Å². The second-order valence-corrected chi connectivity index (χ2v) is 6.49. The van der Waals surface area contributed by atoms with Crippen molar-refractivity contribution in [2.45, 2.75) is 5.16 Å². The summed E-state index contributed by atoms with van der Waals surface area (Å²) in [5, 5.41) is 21.6. The monoisotopic (exact) mass is 384 g/mol. The Balaban J connectivity index is 1.74. The van der Waals surface area contributed by atoms with Gasteiger partial charge in [0.25, 0.3) is 0 Å². The van der Waals surface area contributed by atoms with Gasteiger partial charge >= 0.3 is 0 Å². The van der Waals surface area contributed by atoms with Crippen molar-refractivity contribution in [1.82, 2.24) is 20.2 Å². The average molecular weight is 385 g/mol. The molecule has 0 bridgehead atoms. The zero-order valence-corrected chi connectivity index (χ0v) is 15.1. The number of nitriles is 1. The van der Waals surface area contributed by atoms with Crippen LogP contribution in [0.15, 0.2) is 59.8 Å². The van der Waals surface area contributed by atoms with Gasteiger partial charge in [0.15, 0.2) is 0 Å². The lowest BCUT2D eigenvalue weighted by molar-refractivity contribution is -0.116. The van der Waals surface area contributed by atoms with E-state index in [1.54, 1.807) is 30.3 Å². The lowest BCUT2D eigenvalue weighted by Crippen LogP contribution is -2.32. The van der Waals surface area contributed by atoms with Crippen LogP contribution >= 0.6 is 23.4 Å². The summed E-state index contributed by atoms with van der Waals surface area (Å²) in [5.41, 5.74) is 1.38. The van der Waals surface area contributed by atoms with E-state index in [1.807, 2.05) is 30.3 Å². The molecule has 3 rings (SSSR count). The molecule has 0 fully saturated rings. The van der Waals surface area contributed by atoms with Crippen molar-refractivity contribution in [3.8, 4) is 11.8 Å². The molecule has 0 atom stereocenters. The van der Waals surface area contributed by atoms with E-state index in [0.717, 1.165) is 0 Å². The van der Waals surface area contributed by atoms with Gasteiger partial charge in [-0.15, -0.1) is 5.10 Å². The van der Waals surface area contributed by atoms with Gasteiger partial charge in [-0.1, -0.05) is 47.6 Å². The summed E-state index contributed by atoms with van der Waals surface area (Å²) in [7, 11) is 0. The Bertz CT molecular complexity index is 940. The number of hydrogen-bond donors (Lipinski definition) is 0. The molecule has 0 aliphatic rings. The molecule has 0 aliphatic carbocycles. The molecule has 1 aromatic heterocycles. The Morgan fingerprint density at radius 2 is 2.04 bits per heavy atom. The SMILES string of the molecule is N#CCN(C(=O)CSc1nnnn1-c1cccc(Cl)c1)c1ccccc1. The number of tetrazole rings is 1. The number of halogens is 1. The minimum absolute atomic E-state index is 0.0252. The van der Waals surface area contributed by atoms with Gasteiger partial charge in [0.05, 0.1) is 17.5 Å². The van der Waals surface area contributed by atoms with Crippen LogP contribution in [0.3, 0.4) is 0 Å². The van der Waals surface area contributed by atoms with E-state index in [0.29, 0.717) is 21.6 Å². The van der Waals surface area contributed by atoms with E-state index in [1.165, 1.54) is 21.3 Å². The van der Waals surface area contributed by atoms with Crippen LogP contribution in [0.1, 0.15) is 0 Å². The van der Waals surface area contributed by atoms with Crippen molar-refractivity contribution in [3.63, 3.8) is 0 Å². The molecule has 26 heavy (non-hydrogen) atoms. The van der Waals surface area contributed by atoms with Crippen LogP contribution in [0.4, 0.5) is 5.69 Å². The van der Waals surface area contributed by atoms with Crippen LogP contribution in [0.2, 0.25) is 5.02 Å². The number of benzene rings is 2. The Morgan fingerprint density at radius 3 is 2.77 bits per heavy atom. The average Bonchev–Trinajstić information content (AvgIpc) is 3.13. The zero-order valence-electron chi connectivity index (χ0n) is 13.5. The fourth-order valence-electron chi connectivity index (χ4n) is 2.25. The fraction of sp³-hybridized carbons (Fsp3) is 0.118. The molecule has 0 saturated heterocycles. The van der Waals surface area contributed by atoms with Gasteiger partial charge in [0.2, 0.25) is 11.1 Å². The van der Waals surface area contributed by atoms with Crippen molar-refractivity contribution in [1.29, 1.82) is 5.26 Å². The van der Waals surface area contributed by atoms with Crippen LogP contribution in [-0.2, 0) is 4.79 Å². The summed E-state index contributed by atoms with van der Waals surface area (Å²) in [5.74, 6) is -0.110. The Kier molecular flexibility index (Phi) is 5.84. The highest BCUT2D eigenvalue weighted by Crippen LogP contribution is 2.22. The number of carbonyl (C=O) groups is 1. The number of aromatic nitrogens is 4. The first-order valence-corrected chi connectivity index (χ1v) is 8.95. The van der Waals surface area contributed by atoms with E-state index in [9.17, 15) is 4.79 Å². The zero-order chi connectivity index (χ0) is 18.4. The highest BCUT2D eigenvalue weighted by atomic mass is 35.5. The predicted octanol–water partition coefficient (Wildman–Crippen LogP) is 2.96. The van der Waals surface area contributed by atoms with Crippen LogP contribution in [0, 0.1) is 11.3 Å². The number of anilines is 1.